The third kappa shape index (κ3) is 2.25. The highest BCUT2D eigenvalue weighted by Gasteiger charge is 2.25. The largest absolute Gasteiger partial charge is 0.397 e. The fourth-order valence-electron chi connectivity index (χ4n) is 2.13. The average Bonchev–Trinajstić information content (AvgIpc) is 2.19. The summed E-state index contributed by atoms with van der Waals surface area (Å²) in [5.74, 6) is 0. The zero-order valence-electron chi connectivity index (χ0n) is 9.66. The smallest absolute Gasteiger partial charge is 0.0599 e. The number of anilines is 2. The number of para-hydroxylation sites is 2. The van der Waals surface area contributed by atoms with Gasteiger partial charge in [-0.2, -0.15) is 0 Å². The number of nitrogen functional groups attached to an aromatic ring is 1. The van der Waals surface area contributed by atoms with Crippen LogP contribution in [0.5, 0.6) is 0 Å². The maximum absolute atomic E-state index is 5.98. The van der Waals surface area contributed by atoms with Gasteiger partial charge in [0.2, 0.25) is 0 Å². The minimum absolute atomic E-state index is 0.500. The molecule has 1 saturated heterocycles. The Morgan fingerprint density at radius 1 is 1.13 bits per heavy atom. The van der Waals surface area contributed by atoms with Gasteiger partial charge in [0.1, 0.15) is 0 Å². The van der Waals surface area contributed by atoms with Crippen LogP contribution in [0.25, 0.3) is 0 Å². The second kappa shape index (κ2) is 3.76. The van der Waals surface area contributed by atoms with Gasteiger partial charge in [0.25, 0.3) is 0 Å². The van der Waals surface area contributed by atoms with Crippen LogP contribution in [0.1, 0.15) is 26.7 Å². The molecule has 2 heteroatoms. The summed E-state index contributed by atoms with van der Waals surface area (Å²) in [5, 5.41) is 0. The molecule has 0 saturated carbocycles. The van der Waals surface area contributed by atoms with E-state index >= 15 is 0 Å². The molecule has 15 heavy (non-hydrogen) atoms. The molecular formula is C13H20N2. The minimum atomic E-state index is 0.500. The molecule has 0 aliphatic carbocycles. The fraction of sp³-hybridized carbons (Fsp3) is 0.538. The molecule has 1 aromatic carbocycles. The van der Waals surface area contributed by atoms with Crippen molar-refractivity contribution in [1.82, 2.24) is 0 Å². The van der Waals surface area contributed by atoms with E-state index in [9.17, 15) is 0 Å². The third-order valence-corrected chi connectivity index (χ3v) is 3.39. The molecular weight excluding hydrogens is 184 g/mol. The van der Waals surface area contributed by atoms with E-state index in [2.05, 4.69) is 30.9 Å². The number of nitrogens with two attached hydrogens (primary N) is 1. The summed E-state index contributed by atoms with van der Waals surface area (Å²) in [6.45, 7) is 6.94. The highest BCUT2D eigenvalue weighted by Crippen LogP contribution is 2.33. The van der Waals surface area contributed by atoms with Crippen molar-refractivity contribution in [3.63, 3.8) is 0 Å². The Bertz CT molecular complexity index is 334. The molecule has 0 atom stereocenters. The summed E-state index contributed by atoms with van der Waals surface area (Å²) in [6.07, 6.45) is 2.50. The Hall–Kier alpha value is -1.18. The molecule has 1 aliphatic heterocycles. The number of rotatable bonds is 1. The molecule has 0 radical (unpaired) electrons. The van der Waals surface area contributed by atoms with Gasteiger partial charge in [-0.25, -0.2) is 0 Å². The summed E-state index contributed by atoms with van der Waals surface area (Å²) >= 11 is 0. The SMILES string of the molecule is CC1(C)CCN(c2ccccc2N)CC1. The Morgan fingerprint density at radius 3 is 2.33 bits per heavy atom. The molecule has 0 aromatic heterocycles. The molecule has 1 fully saturated rings. The van der Waals surface area contributed by atoms with E-state index in [0.29, 0.717) is 5.41 Å². The highest BCUT2D eigenvalue weighted by atomic mass is 15.1. The lowest BCUT2D eigenvalue weighted by Gasteiger charge is -2.38. The van der Waals surface area contributed by atoms with E-state index in [4.69, 9.17) is 5.73 Å². The van der Waals surface area contributed by atoms with E-state index in [0.717, 1.165) is 18.8 Å². The molecule has 0 spiro atoms. The Kier molecular flexibility index (Phi) is 2.59. The van der Waals surface area contributed by atoms with Crippen molar-refractivity contribution in [3.8, 4) is 0 Å². The van der Waals surface area contributed by atoms with E-state index in [1.807, 2.05) is 12.1 Å². The second-order valence-corrected chi connectivity index (χ2v) is 5.21. The summed E-state index contributed by atoms with van der Waals surface area (Å²) in [6, 6.07) is 8.15. The third-order valence-electron chi connectivity index (χ3n) is 3.39. The topological polar surface area (TPSA) is 29.3 Å². The first-order valence-electron chi connectivity index (χ1n) is 5.68. The summed E-state index contributed by atoms with van der Waals surface area (Å²) in [4.78, 5) is 2.40. The molecule has 0 amide bonds. The zero-order valence-corrected chi connectivity index (χ0v) is 9.66. The van der Waals surface area contributed by atoms with Gasteiger partial charge in [-0.05, 0) is 30.4 Å². The van der Waals surface area contributed by atoms with Crippen LogP contribution in [-0.2, 0) is 0 Å². The Balaban J connectivity index is 2.11. The lowest BCUT2D eigenvalue weighted by Crippen LogP contribution is -2.37. The first-order chi connectivity index (χ1) is 7.08. The number of hydrogen-bond donors (Lipinski definition) is 1. The molecule has 82 valence electrons. The van der Waals surface area contributed by atoms with Gasteiger partial charge in [0, 0.05) is 13.1 Å². The van der Waals surface area contributed by atoms with Crippen LogP contribution in [0.4, 0.5) is 11.4 Å². The Labute approximate surface area is 92.1 Å². The fourth-order valence-corrected chi connectivity index (χ4v) is 2.13. The van der Waals surface area contributed by atoms with Crippen molar-refractivity contribution in [1.29, 1.82) is 0 Å². The first kappa shape index (κ1) is 10.3. The predicted octanol–water partition coefficient (Wildman–Crippen LogP) is 2.90. The standard InChI is InChI=1S/C13H20N2/c1-13(2)7-9-15(10-8-13)12-6-4-3-5-11(12)14/h3-6H,7-10,14H2,1-2H3. The van der Waals surface area contributed by atoms with Gasteiger partial charge in [-0.1, -0.05) is 26.0 Å². The average molecular weight is 204 g/mol. The van der Waals surface area contributed by atoms with Crippen molar-refractivity contribution in [2.24, 2.45) is 5.41 Å². The van der Waals surface area contributed by atoms with Gasteiger partial charge >= 0.3 is 0 Å². The number of nitrogens with zero attached hydrogens (tertiary/aromatic N) is 1. The number of benzene rings is 1. The minimum Gasteiger partial charge on any atom is -0.397 e. The van der Waals surface area contributed by atoms with Gasteiger partial charge in [0.05, 0.1) is 11.4 Å². The molecule has 1 aliphatic rings. The van der Waals surface area contributed by atoms with Crippen LogP contribution in [0.2, 0.25) is 0 Å². The maximum atomic E-state index is 5.98. The van der Waals surface area contributed by atoms with Gasteiger partial charge in [-0.15, -0.1) is 0 Å². The number of piperidine rings is 1. The lowest BCUT2D eigenvalue weighted by molar-refractivity contribution is 0.280. The van der Waals surface area contributed by atoms with Gasteiger partial charge < -0.3 is 10.6 Å². The van der Waals surface area contributed by atoms with Crippen LogP contribution in [-0.4, -0.2) is 13.1 Å². The quantitative estimate of drug-likeness (QED) is 0.713. The van der Waals surface area contributed by atoms with Crippen molar-refractivity contribution in [2.75, 3.05) is 23.7 Å². The van der Waals surface area contributed by atoms with E-state index < -0.39 is 0 Å². The molecule has 2 nitrogen and oxygen atoms in total. The molecule has 2 rings (SSSR count). The predicted molar refractivity (Wildman–Crippen MR) is 66.1 cm³/mol. The molecule has 0 bridgehead atoms. The van der Waals surface area contributed by atoms with Crippen molar-refractivity contribution < 1.29 is 0 Å². The molecule has 1 heterocycles. The first-order valence-corrected chi connectivity index (χ1v) is 5.68. The van der Waals surface area contributed by atoms with Crippen LogP contribution in [0.3, 0.4) is 0 Å². The van der Waals surface area contributed by atoms with Crippen molar-refractivity contribution in [3.05, 3.63) is 24.3 Å². The van der Waals surface area contributed by atoms with Crippen molar-refractivity contribution in [2.45, 2.75) is 26.7 Å². The van der Waals surface area contributed by atoms with E-state index in [1.54, 1.807) is 0 Å². The van der Waals surface area contributed by atoms with Crippen LogP contribution < -0.4 is 10.6 Å². The van der Waals surface area contributed by atoms with Crippen LogP contribution in [0.15, 0.2) is 24.3 Å². The normalized spacial score (nSPS) is 20.3. The number of hydrogen-bond acceptors (Lipinski definition) is 2. The van der Waals surface area contributed by atoms with Crippen molar-refractivity contribution >= 4 is 11.4 Å². The molecule has 1 aromatic rings. The second-order valence-electron chi connectivity index (χ2n) is 5.21. The molecule has 2 N–H and O–H groups in total. The van der Waals surface area contributed by atoms with E-state index in [1.165, 1.54) is 18.5 Å². The zero-order chi connectivity index (χ0) is 10.9. The summed E-state index contributed by atoms with van der Waals surface area (Å²) in [7, 11) is 0. The highest BCUT2D eigenvalue weighted by molar-refractivity contribution is 5.67. The van der Waals surface area contributed by atoms with Gasteiger partial charge in [0.15, 0.2) is 0 Å². The molecule has 0 unspecified atom stereocenters. The van der Waals surface area contributed by atoms with Gasteiger partial charge in [-0.3, -0.25) is 0 Å². The Morgan fingerprint density at radius 2 is 1.73 bits per heavy atom. The van der Waals surface area contributed by atoms with Crippen LogP contribution >= 0.6 is 0 Å². The lowest BCUT2D eigenvalue weighted by atomic mass is 9.82. The monoisotopic (exact) mass is 204 g/mol. The van der Waals surface area contributed by atoms with Crippen LogP contribution in [0, 0.1) is 5.41 Å². The summed E-state index contributed by atoms with van der Waals surface area (Å²) < 4.78 is 0. The summed E-state index contributed by atoms with van der Waals surface area (Å²) in [5.41, 5.74) is 8.58. The maximum Gasteiger partial charge on any atom is 0.0599 e. The van der Waals surface area contributed by atoms with E-state index in [-0.39, 0.29) is 0 Å².